The van der Waals surface area contributed by atoms with Crippen molar-refractivity contribution in [1.82, 2.24) is 4.40 Å². The van der Waals surface area contributed by atoms with E-state index in [4.69, 9.17) is 5.73 Å². The SMILES string of the molecule is CC(C)(C)C(=O)c1cc(C(N)=O)c2cc(O)ccn12. The Morgan fingerprint density at radius 2 is 1.89 bits per heavy atom. The van der Waals surface area contributed by atoms with Crippen LogP contribution in [0.3, 0.4) is 0 Å². The monoisotopic (exact) mass is 260 g/mol. The van der Waals surface area contributed by atoms with Crippen molar-refractivity contribution in [1.29, 1.82) is 0 Å². The molecular formula is C14H16N2O3. The summed E-state index contributed by atoms with van der Waals surface area (Å²) in [7, 11) is 0. The molecule has 0 bridgehead atoms. The van der Waals surface area contributed by atoms with Gasteiger partial charge in [0.1, 0.15) is 5.75 Å². The summed E-state index contributed by atoms with van der Waals surface area (Å²) in [6.07, 6.45) is 1.55. The van der Waals surface area contributed by atoms with Crippen molar-refractivity contribution in [2.75, 3.05) is 0 Å². The zero-order valence-electron chi connectivity index (χ0n) is 11.1. The number of fused-ring (bicyclic) bond motifs is 1. The Morgan fingerprint density at radius 1 is 1.26 bits per heavy atom. The van der Waals surface area contributed by atoms with Gasteiger partial charge in [-0.25, -0.2) is 0 Å². The molecule has 0 radical (unpaired) electrons. The number of aromatic nitrogens is 1. The Kier molecular flexibility index (Phi) is 2.85. The first kappa shape index (κ1) is 13.1. The molecule has 0 fully saturated rings. The second kappa shape index (κ2) is 4.12. The number of hydrogen-bond donors (Lipinski definition) is 2. The van der Waals surface area contributed by atoms with Gasteiger partial charge in [-0.3, -0.25) is 9.59 Å². The molecule has 0 unspecified atom stereocenters. The van der Waals surface area contributed by atoms with Crippen LogP contribution in [0.15, 0.2) is 24.4 Å². The van der Waals surface area contributed by atoms with Crippen molar-refractivity contribution in [2.24, 2.45) is 11.1 Å². The van der Waals surface area contributed by atoms with Crippen molar-refractivity contribution in [3.8, 4) is 5.75 Å². The molecule has 2 rings (SSSR count). The molecule has 100 valence electrons. The predicted molar refractivity (Wildman–Crippen MR) is 71.4 cm³/mol. The highest BCUT2D eigenvalue weighted by Crippen LogP contribution is 2.26. The number of carbonyl (C=O) groups excluding carboxylic acids is 2. The maximum atomic E-state index is 12.4. The van der Waals surface area contributed by atoms with Crippen LogP contribution >= 0.6 is 0 Å². The minimum absolute atomic E-state index is 0.0165. The molecule has 0 aliphatic rings. The summed E-state index contributed by atoms with van der Waals surface area (Å²) in [6, 6.07) is 4.35. The third-order valence-electron chi connectivity index (χ3n) is 2.93. The van der Waals surface area contributed by atoms with E-state index in [1.165, 1.54) is 18.2 Å². The molecular weight excluding hydrogens is 244 g/mol. The summed E-state index contributed by atoms with van der Waals surface area (Å²) in [5.74, 6) is -0.709. The third kappa shape index (κ3) is 2.19. The fraction of sp³-hybridized carbons (Fsp3) is 0.286. The highest BCUT2D eigenvalue weighted by atomic mass is 16.3. The Labute approximate surface area is 110 Å². The summed E-state index contributed by atoms with van der Waals surface area (Å²) >= 11 is 0. The normalized spacial score (nSPS) is 11.7. The average Bonchev–Trinajstić information content (AvgIpc) is 2.65. The molecule has 0 saturated heterocycles. The van der Waals surface area contributed by atoms with Gasteiger partial charge in [-0.1, -0.05) is 20.8 Å². The van der Waals surface area contributed by atoms with E-state index in [0.29, 0.717) is 11.2 Å². The zero-order valence-corrected chi connectivity index (χ0v) is 11.1. The lowest BCUT2D eigenvalue weighted by Crippen LogP contribution is -2.21. The topological polar surface area (TPSA) is 84.8 Å². The van der Waals surface area contributed by atoms with E-state index >= 15 is 0 Å². The Bertz CT molecular complexity index is 678. The Hall–Kier alpha value is -2.30. The largest absolute Gasteiger partial charge is 0.508 e. The van der Waals surface area contributed by atoms with Crippen LogP contribution in [0.1, 0.15) is 41.6 Å². The van der Waals surface area contributed by atoms with Gasteiger partial charge in [0.2, 0.25) is 0 Å². The van der Waals surface area contributed by atoms with E-state index in [2.05, 4.69) is 0 Å². The lowest BCUT2D eigenvalue weighted by molar-refractivity contribution is 0.0852. The lowest BCUT2D eigenvalue weighted by Gasteiger charge is -2.16. The van der Waals surface area contributed by atoms with E-state index in [1.54, 1.807) is 31.4 Å². The maximum absolute atomic E-state index is 12.4. The van der Waals surface area contributed by atoms with Crippen molar-refractivity contribution in [2.45, 2.75) is 20.8 Å². The quantitative estimate of drug-likeness (QED) is 0.809. The summed E-state index contributed by atoms with van der Waals surface area (Å²) in [6.45, 7) is 5.41. The fourth-order valence-corrected chi connectivity index (χ4v) is 1.94. The van der Waals surface area contributed by atoms with Gasteiger partial charge in [0.15, 0.2) is 5.78 Å². The first-order chi connectivity index (χ1) is 8.71. The van der Waals surface area contributed by atoms with E-state index in [9.17, 15) is 14.7 Å². The highest BCUT2D eigenvalue weighted by Gasteiger charge is 2.27. The molecule has 5 nitrogen and oxygen atoms in total. The first-order valence-corrected chi connectivity index (χ1v) is 5.90. The van der Waals surface area contributed by atoms with Gasteiger partial charge >= 0.3 is 0 Å². The summed E-state index contributed by atoms with van der Waals surface area (Å²) in [5.41, 5.74) is 5.78. The van der Waals surface area contributed by atoms with E-state index in [1.807, 2.05) is 0 Å². The van der Waals surface area contributed by atoms with Crippen LogP contribution in [0.2, 0.25) is 0 Å². The zero-order chi connectivity index (χ0) is 14.4. The molecule has 2 aromatic rings. The van der Waals surface area contributed by atoms with Gasteiger partial charge in [0, 0.05) is 17.7 Å². The Morgan fingerprint density at radius 3 is 2.42 bits per heavy atom. The fourth-order valence-electron chi connectivity index (χ4n) is 1.94. The first-order valence-electron chi connectivity index (χ1n) is 5.90. The summed E-state index contributed by atoms with van der Waals surface area (Å²) in [5, 5.41) is 9.49. The molecule has 0 aromatic carbocycles. The molecule has 0 atom stereocenters. The molecule has 2 heterocycles. The predicted octanol–water partition coefficient (Wildman–Crippen LogP) is 1.97. The number of nitrogens with two attached hydrogens (primary N) is 1. The number of nitrogens with zero attached hydrogens (tertiary/aromatic N) is 1. The van der Waals surface area contributed by atoms with Gasteiger partial charge in [-0.2, -0.15) is 0 Å². The van der Waals surface area contributed by atoms with Crippen molar-refractivity contribution < 1.29 is 14.7 Å². The van der Waals surface area contributed by atoms with Gasteiger partial charge in [-0.15, -0.1) is 0 Å². The molecule has 5 heteroatoms. The standard InChI is InChI=1S/C14H16N2O3/c1-14(2,3)12(18)11-7-9(13(15)19)10-6-8(17)4-5-16(10)11/h4-7,17H,1-3H3,(H2,15,19). The molecule has 0 spiro atoms. The number of amides is 1. The van der Waals surface area contributed by atoms with Gasteiger partial charge < -0.3 is 15.2 Å². The number of aromatic hydroxyl groups is 1. The van der Waals surface area contributed by atoms with Crippen molar-refractivity contribution in [3.05, 3.63) is 35.7 Å². The van der Waals surface area contributed by atoms with E-state index in [0.717, 1.165) is 0 Å². The van der Waals surface area contributed by atoms with Gasteiger partial charge in [0.25, 0.3) is 5.91 Å². The second-order valence-corrected chi connectivity index (χ2v) is 5.53. The highest BCUT2D eigenvalue weighted by molar-refractivity contribution is 6.06. The molecule has 0 aliphatic carbocycles. The number of Topliss-reactive ketones (excluding diaryl/α,β-unsaturated/α-hetero) is 1. The van der Waals surface area contributed by atoms with Crippen LogP contribution in [0.4, 0.5) is 0 Å². The van der Waals surface area contributed by atoms with Crippen LogP contribution in [0.25, 0.3) is 5.52 Å². The molecule has 0 saturated carbocycles. The van der Waals surface area contributed by atoms with Crippen molar-refractivity contribution >= 4 is 17.2 Å². The van der Waals surface area contributed by atoms with Crippen LogP contribution in [0.5, 0.6) is 5.75 Å². The molecule has 0 aliphatic heterocycles. The van der Waals surface area contributed by atoms with Crippen LogP contribution in [-0.4, -0.2) is 21.2 Å². The van der Waals surface area contributed by atoms with Crippen LogP contribution in [0, 0.1) is 5.41 Å². The van der Waals surface area contributed by atoms with Crippen LogP contribution < -0.4 is 5.73 Å². The van der Waals surface area contributed by atoms with Gasteiger partial charge in [0.05, 0.1) is 16.8 Å². The molecule has 3 N–H and O–H groups in total. The number of rotatable bonds is 2. The number of carbonyl (C=O) groups is 2. The number of ketones is 1. The number of primary amides is 1. The van der Waals surface area contributed by atoms with Crippen molar-refractivity contribution in [3.63, 3.8) is 0 Å². The van der Waals surface area contributed by atoms with Gasteiger partial charge in [-0.05, 0) is 12.1 Å². The maximum Gasteiger partial charge on any atom is 0.250 e. The minimum atomic E-state index is -0.629. The van der Waals surface area contributed by atoms with E-state index < -0.39 is 11.3 Å². The molecule has 2 aromatic heterocycles. The number of hydrogen-bond acceptors (Lipinski definition) is 3. The molecule has 19 heavy (non-hydrogen) atoms. The Balaban J connectivity index is 2.77. The average molecular weight is 260 g/mol. The van der Waals surface area contributed by atoms with Crippen LogP contribution in [-0.2, 0) is 0 Å². The third-order valence-corrected chi connectivity index (χ3v) is 2.93. The summed E-state index contributed by atoms with van der Waals surface area (Å²) in [4.78, 5) is 23.8. The summed E-state index contributed by atoms with van der Waals surface area (Å²) < 4.78 is 1.58. The second-order valence-electron chi connectivity index (χ2n) is 5.53. The lowest BCUT2D eigenvalue weighted by atomic mass is 9.89. The van der Waals surface area contributed by atoms with E-state index in [-0.39, 0.29) is 17.1 Å². The minimum Gasteiger partial charge on any atom is -0.508 e. The smallest absolute Gasteiger partial charge is 0.250 e. The number of pyridine rings is 1. The molecule has 1 amide bonds.